The number of benzene rings is 2. The molecule has 0 aliphatic carbocycles. The minimum atomic E-state index is -1.11. The van der Waals surface area contributed by atoms with Crippen LogP contribution in [0, 0.1) is 19.7 Å². The van der Waals surface area contributed by atoms with Gasteiger partial charge in [0, 0.05) is 5.02 Å². The molecule has 2 aromatic carbocycles. The quantitative estimate of drug-likeness (QED) is 0.769. The Kier molecular flexibility index (Phi) is 6.58. The van der Waals surface area contributed by atoms with E-state index in [2.05, 4.69) is 5.32 Å². The molecule has 0 aliphatic rings. The lowest BCUT2D eigenvalue weighted by molar-refractivity contribution is -0.155. The van der Waals surface area contributed by atoms with Crippen LogP contribution in [0.25, 0.3) is 0 Å². The lowest BCUT2D eigenvalue weighted by Crippen LogP contribution is -2.32. The topological polar surface area (TPSA) is 64.6 Å². The van der Waals surface area contributed by atoms with Crippen LogP contribution < -0.4 is 10.1 Å². The number of halogens is 2. The molecule has 7 heteroatoms. The van der Waals surface area contributed by atoms with Crippen LogP contribution in [-0.4, -0.2) is 24.6 Å². The summed E-state index contributed by atoms with van der Waals surface area (Å²) in [4.78, 5) is 23.9. The maximum Gasteiger partial charge on any atom is 0.344 e. The van der Waals surface area contributed by atoms with Gasteiger partial charge in [-0.2, -0.15) is 0 Å². The van der Waals surface area contributed by atoms with Crippen molar-refractivity contribution >= 4 is 29.2 Å². The van der Waals surface area contributed by atoms with Crippen molar-refractivity contribution in [1.29, 1.82) is 0 Å². The van der Waals surface area contributed by atoms with Crippen LogP contribution in [0.5, 0.6) is 5.75 Å². The Bertz CT molecular complexity index is 825. The van der Waals surface area contributed by atoms with Gasteiger partial charge < -0.3 is 14.8 Å². The molecular formula is C19H19ClFNO4. The second kappa shape index (κ2) is 8.67. The van der Waals surface area contributed by atoms with Crippen molar-refractivity contribution < 1.29 is 23.5 Å². The zero-order chi connectivity index (χ0) is 19.3. The molecule has 0 fully saturated rings. The number of amides is 1. The molecule has 26 heavy (non-hydrogen) atoms. The molecule has 1 amide bonds. The first-order valence-corrected chi connectivity index (χ1v) is 8.30. The Morgan fingerprint density at radius 2 is 1.96 bits per heavy atom. The van der Waals surface area contributed by atoms with Gasteiger partial charge in [0.25, 0.3) is 5.91 Å². The summed E-state index contributed by atoms with van der Waals surface area (Å²) in [7, 11) is 0. The zero-order valence-corrected chi connectivity index (χ0v) is 15.4. The van der Waals surface area contributed by atoms with Gasteiger partial charge in [0.1, 0.15) is 11.6 Å². The molecular weight excluding hydrogens is 361 g/mol. The molecule has 1 N–H and O–H groups in total. The highest BCUT2D eigenvalue weighted by molar-refractivity contribution is 6.30. The third-order valence-corrected chi connectivity index (χ3v) is 4.00. The molecule has 0 saturated carbocycles. The van der Waals surface area contributed by atoms with Crippen molar-refractivity contribution in [3.8, 4) is 5.75 Å². The number of esters is 1. The number of hydrogen-bond acceptors (Lipinski definition) is 4. The fraction of sp³-hybridized carbons (Fsp3) is 0.263. The normalized spacial score (nSPS) is 11.6. The summed E-state index contributed by atoms with van der Waals surface area (Å²) < 4.78 is 24.1. The van der Waals surface area contributed by atoms with E-state index in [0.717, 1.165) is 17.2 Å². The van der Waals surface area contributed by atoms with E-state index in [-0.39, 0.29) is 17.3 Å². The van der Waals surface area contributed by atoms with E-state index in [1.807, 2.05) is 26.0 Å². The lowest BCUT2D eigenvalue weighted by Gasteiger charge is -2.15. The summed E-state index contributed by atoms with van der Waals surface area (Å²) in [5.41, 5.74) is 1.91. The van der Waals surface area contributed by atoms with Gasteiger partial charge in [-0.1, -0.05) is 23.7 Å². The van der Waals surface area contributed by atoms with Crippen LogP contribution >= 0.6 is 11.6 Å². The van der Waals surface area contributed by atoms with Crippen molar-refractivity contribution in [2.45, 2.75) is 26.9 Å². The summed E-state index contributed by atoms with van der Waals surface area (Å²) in [5, 5.41) is 2.55. The van der Waals surface area contributed by atoms with E-state index >= 15 is 0 Å². The molecule has 2 rings (SSSR count). The standard InChI is InChI=1S/C19H19ClFNO4/c1-11-5-4-6-17(12(11)2)25-10-18(23)26-13(3)19(24)22-16-8-7-14(20)9-15(16)21/h4-9,13H,10H2,1-3H3,(H,22,24)/t13-/m1/s1. The predicted molar refractivity (Wildman–Crippen MR) is 97.0 cm³/mol. The van der Waals surface area contributed by atoms with Gasteiger partial charge in [-0.05, 0) is 56.2 Å². The number of anilines is 1. The Labute approximate surface area is 156 Å². The molecule has 2 aromatic rings. The van der Waals surface area contributed by atoms with E-state index in [1.54, 1.807) is 6.07 Å². The molecule has 0 aromatic heterocycles. The van der Waals surface area contributed by atoms with E-state index in [1.165, 1.54) is 19.1 Å². The first-order chi connectivity index (χ1) is 12.3. The van der Waals surface area contributed by atoms with Gasteiger partial charge in [-0.15, -0.1) is 0 Å². The summed E-state index contributed by atoms with van der Waals surface area (Å²) in [6.07, 6.45) is -1.11. The fourth-order valence-corrected chi connectivity index (χ4v) is 2.29. The van der Waals surface area contributed by atoms with Gasteiger partial charge in [0.15, 0.2) is 12.7 Å². The van der Waals surface area contributed by atoms with Gasteiger partial charge in [-0.25, -0.2) is 9.18 Å². The fourth-order valence-electron chi connectivity index (χ4n) is 2.13. The second-order valence-electron chi connectivity index (χ2n) is 5.73. The third-order valence-electron chi connectivity index (χ3n) is 3.77. The average molecular weight is 380 g/mol. The number of nitrogens with one attached hydrogen (secondary N) is 1. The second-order valence-corrected chi connectivity index (χ2v) is 6.17. The molecule has 0 unspecified atom stereocenters. The first kappa shape index (κ1) is 19.7. The number of carbonyl (C=O) groups excluding carboxylic acids is 2. The summed E-state index contributed by atoms with van der Waals surface area (Å²) in [5.74, 6) is -1.47. The van der Waals surface area contributed by atoms with Crippen LogP contribution in [-0.2, 0) is 14.3 Å². The minimum absolute atomic E-state index is 0.0473. The van der Waals surface area contributed by atoms with Crippen molar-refractivity contribution in [3.63, 3.8) is 0 Å². The van der Waals surface area contributed by atoms with Gasteiger partial charge in [-0.3, -0.25) is 4.79 Å². The van der Waals surface area contributed by atoms with E-state index < -0.39 is 23.8 Å². The molecule has 0 saturated heterocycles. The van der Waals surface area contributed by atoms with Crippen molar-refractivity contribution in [1.82, 2.24) is 0 Å². The smallest absolute Gasteiger partial charge is 0.344 e. The van der Waals surface area contributed by atoms with Crippen molar-refractivity contribution in [2.24, 2.45) is 0 Å². The maximum absolute atomic E-state index is 13.7. The number of aryl methyl sites for hydroxylation is 1. The van der Waals surface area contributed by atoms with E-state index in [0.29, 0.717) is 5.75 Å². The number of rotatable bonds is 6. The molecule has 0 heterocycles. The molecule has 0 spiro atoms. The molecule has 0 bridgehead atoms. The summed E-state index contributed by atoms with van der Waals surface area (Å²) in [6.45, 7) is 4.87. The van der Waals surface area contributed by atoms with Gasteiger partial charge >= 0.3 is 5.97 Å². The minimum Gasteiger partial charge on any atom is -0.482 e. The van der Waals surface area contributed by atoms with Gasteiger partial charge in [0.2, 0.25) is 0 Å². The van der Waals surface area contributed by atoms with Crippen LogP contribution in [0.2, 0.25) is 5.02 Å². The predicted octanol–water partition coefficient (Wildman–Crippen LogP) is 4.05. The molecule has 1 atom stereocenters. The Balaban J connectivity index is 1.87. The molecule has 5 nitrogen and oxygen atoms in total. The van der Waals surface area contributed by atoms with Crippen LogP contribution in [0.4, 0.5) is 10.1 Å². The molecule has 0 aliphatic heterocycles. The third kappa shape index (κ3) is 5.20. The monoisotopic (exact) mass is 379 g/mol. The zero-order valence-electron chi connectivity index (χ0n) is 14.6. The highest BCUT2D eigenvalue weighted by Crippen LogP contribution is 2.21. The Morgan fingerprint density at radius 1 is 1.23 bits per heavy atom. The van der Waals surface area contributed by atoms with Crippen LogP contribution in [0.1, 0.15) is 18.1 Å². The SMILES string of the molecule is Cc1cccc(OCC(=O)O[C@H](C)C(=O)Nc2ccc(Cl)cc2F)c1C. The number of hydrogen-bond donors (Lipinski definition) is 1. The summed E-state index contributed by atoms with van der Waals surface area (Å²) >= 11 is 5.66. The van der Waals surface area contributed by atoms with Crippen LogP contribution in [0.3, 0.4) is 0 Å². The summed E-state index contributed by atoms with van der Waals surface area (Å²) in [6, 6.07) is 9.34. The van der Waals surface area contributed by atoms with E-state index in [9.17, 15) is 14.0 Å². The lowest BCUT2D eigenvalue weighted by atomic mass is 10.1. The average Bonchev–Trinajstić information content (AvgIpc) is 2.58. The maximum atomic E-state index is 13.7. The van der Waals surface area contributed by atoms with Crippen molar-refractivity contribution in [2.75, 3.05) is 11.9 Å². The highest BCUT2D eigenvalue weighted by atomic mass is 35.5. The molecule has 138 valence electrons. The molecule has 0 radical (unpaired) electrons. The number of carbonyl (C=O) groups is 2. The Hall–Kier alpha value is -2.60. The van der Waals surface area contributed by atoms with E-state index in [4.69, 9.17) is 21.1 Å². The highest BCUT2D eigenvalue weighted by Gasteiger charge is 2.19. The van der Waals surface area contributed by atoms with Gasteiger partial charge in [0.05, 0.1) is 5.69 Å². The Morgan fingerprint density at radius 3 is 2.65 bits per heavy atom. The largest absolute Gasteiger partial charge is 0.482 e. The van der Waals surface area contributed by atoms with Crippen LogP contribution in [0.15, 0.2) is 36.4 Å². The number of ether oxygens (including phenoxy) is 2. The first-order valence-electron chi connectivity index (χ1n) is 7.92. The van der Waals surface area contributed by atoms with Crippen molar-refractivity contribution in [3.05, 3.63) is 58.4 Å².